The van der Waals surface area contributed by atoms with Crippen LogP contribution in [0.3, 0.4) is 0 Å². The van der Waals surface area contributed by atoms with Crippen molar-refractivity contribution in [2.75, 3.05) is 13.1 Å². The Balaban J connectivity index is 0.00000242. The molecule has 2 aromatic rings. The minimum absolute atomic E-state index is 0. The van der Waals surface area contributed by atoms with E-state index in [1.54, 1.807) is 36.7 Å². The maximum Gasteiger partial charge on any atom is 3.00 e. The van der Waals surface area contributed by atoms with E-state index in [1.807, 2.05) is 24.3 Å². The summed E-state index contributed by atoms with van der Waals surface area (Å²) in [5, 5.41) is 19.1. The maximum atomic E-state index is 9.56. The summed E-state index contributed by atoms with van der Waals surface area (Å²) in [5.74, 6) is 0.470. The van der Waals surface area contributed by atoms with Gasteiger partial charge in [-0.15, -0.1) is 0 Å². The summed E-state index contributed by atoms with van der Waals surface area (Å²) in [6.45, 7) is 1.29. The van der Waals surface area contributed by atoms with E-state index in [-0.39, 0.29) is 28.3 Å². The molecule has 2 rings (SSSR count). The summed E-state index contributed by atoms with van der Waals surface area (Å²) in [6.07, 6.45) is 4.15. The van der Waals surface area contributed by atoms with Crippen molar-refractivity contribution in [3.8, 4) is 11.5 Å². The summed E-state index contributed by atoms with van der Waals surface area (Å²) in [6, 6.07) is 14.2. The summed E-state index contributed by atoms with van der Waals surface area (Å²) in [5.41, 5.74) is 1.44. The molecule has 0 amide bonds. The molecular formula is C17H18CoN2O2+3. The van der Waals surface area contributed by atoms with Crippen LogP contribution in [-0.2, 0) is 16.8 Å². The van der Waals surface area contributed by atoms with Gasteiger partial charge < -0.3 is 10.2 Å². The summed E-state index contributed by atoms with van der Waals surface area (Å²) >= 11 is 0. The van der Waals surface area contributed by atoms with Crippen LogP contribution in [0, 0.1) is 0 Å². The molecular weight excluding hydrogens is 323 g/mol. The zero-order valence-corrected chi connectivity index (χ0v) is 13.1. The SMILES string of the molecule is Oc1ccccc1C=NCCCN=Cc1ccccc1O.[Co+3]. The minimum atomic E-state index is 0. The predicted molar refractivity (Wildman–Crippen MR) is 85.8 cm³/mol. The number of nitrogens with zero attached hydrogens (tertiary/aromatic N) is 2. The maximum absolute atomic E-state index is 9.56. The second-order valence-corrected chi connectivity index (χ2v) is 4.54. The summed E-state index contributed by atoms with van der Waals surface area (Å²) < 4.78 is 0. The molecule has 5 heteroatoms. The number of hydrogen-bond acceptors (Lipinski definition) is 4. The molecule has 114 valence electrons. The zero-order valence-electron chi connectivity index (χ0n) is 12.0. The number of para-hydroxylation sites is 2. The molecule has 0 aromatic heterocycles. The molecule has 0 heterocycles. The molecule has 0 saturated carbocycles. The fourth-order valence-corrected chi connectivity index (χ4v) is 1.77. The first kappa shape index (κ1) is 17.9. The number of benzene rings is 2. The van der Waals surface area contributed by atoms with Crippen LogP contribution in [0.1, 0.15) is 17.5 Å². The molecule has 2 aromatic carbocycles. The molecule has 2 N–H and O–H groups in total. The van der Waals surface area contributed by atoms with Gasteiger partial charge in [0.1, 0.15) is 11.5 Å². The first-order valence-electron chi connectivity index (χ1n) is 6.83. The van der Waals surface area contributed by atoms with Crippen molar-refractivity contribution in [3.63, 3.8) is 0 Å². The molecule has 0 unspecified atom stereocenters. The average molecular weight is 341 g/mol. The molecule has 0 atom stereocenters. The number of rotatable bonds is 6. The van der Waals surface area contributed by atoms with Crippen LogP contribution in [0.2, 0.25) is 0 Å². The van der Waals surface area contributed by atoms with Crippen molar-refractivity contribution in [3.05, 3.63) is 59.7 Å². The summed E-state index contributed by atoms with van der Waals surface area (Å²) in [4.78, 5) is 8.51. The Morgan fingerprint density at radius 1 is 0.727 bits per heavy atom. The van der Waals surface area contributed by atoms with Crippen molar-refractivity contribution >= 4 is 12.4 Å². The van der Waals surface area contributed by atoms with Crippen molar-refractivity contribution in [1.82, 2.24) is 0 Å². The Labute approximate surface area is 140 Å². The number of phenols is 2. The smallest absolute Gasteiger partial charge is 0.507 e. The van der Waals surface area contributed by atoms with Crippen molar-refractivity contribution < 1.29 is 27.0 Å². The third-order valence-corrected chi connectivity index (χ3v) is 2.91. The Morgan fingerprint density at radius 2 is 1.14 bits per heavy atom. The van der Waals surface area contributed by atoms with Crippen LogP contribution in [0.5, 0.6) is 11.5 Å². The van der Waals surface area contributed by atoms with Crippen LogP contribution in [0.25, 0.3) is 0 Å². The fourth-order valence-electron chi connectivity index (χ4n) is 1.77. The van der Waals surface area contributed by atoms with Gasteiger partial charge in [-0.25, -0.2) is 0 Å². The number of aromatic hydroxyl groups is 2. The van der Waals surface area contributed by atoms with Crippen LogP contribution in [0.4, 0.5) is 0 Å². The average Bonchev–Trinajstić information content (AvgIpc) is 2.50. The van der Waals surface area contributed by atoms with Gasteiger partial charge in [0.05, 0.1) is 0 Å². The molecule has 0 aliphatic carbocycles. The molecule has 4 nitrogen and oxygen atoms in total. The van der Waals surface area contributed by atoms with Gasteiger partial charge in [0.15, 0.2) is 0 Å². The van der Waals surface area contributed by atoms with Gasteiger partial charge in [-0.3, -0.25) is 9.98 Å². The predicted octanol–water partition coefficient (Wildman–Crippen LogP) is 3.02. The second-order valence-electron chi connectivity index (χ2n) is 4.54. The molecule has 0 saturated heterocycles. The van der Waals surface area contributed by atoms with Gasteiger partial charge in [0.25, 0.3) is 0 Å². The van der Waals surface area contributed by atoms with Gasteiger partial charge in [-0.05, 0) is 30.7 Å². The quantitative estimate of drug-likeness (QED) is 0.627. The van der Waals surface area contributed by atoms with Crippen LogP contribution in [0.15, 0.2) is 58.5 Å². The number of phenolic OH excluding ortho intramolecular Hbond substituents is 2. The van der Waals surface area contributed by atoms with Crippen molar-refractivity contribution in [2.24, 2.45) is 9.98 Å². The van der Waals surface area contributed by atoms with Gasteiger partial charge in [0, 0.05) is 36.6 Å². The van der Waals surface area contributed by atoms with Crippen LogP contribution >= 0.6 is 0 Å². The van der Waals surface area contributed by atoms with E-state index in [9.17, 15) is 10.2 Å². The fraction of sp³-hybridized carbons (Fsp3) is 0.176. The van der Waals surface area contributed by atoms with E-state index in [1.165, 1.54) is 0 Å². The first-order chi connectivity index (χ1) is 10.3. The van der Waals surface area contributed by atoms with Crippen molar-refractivity contribution in [1.29, 1.82) is 0 Å². The third-order valence-electron chi connectivity index (χ3n) is 2.91. The Bertz CT molecular complexity index is 587. The number of hydrogen-bond donors (Lipinski definition) is 2. The first-order valence-corrected chi connectivity index (χ1v) is 6.83. The Hall–Kier alpha value is -2.11. The third kappa shape index (κ3) is 5.71. The molecule has 0 bridgehead atoms. The normalized spacial score (nSPS) is 10.9. The van der Waals surface area contributed by atoms with Gasteiger partial charge >= 0.3 is 16.8 Å². The second kappa shape index (κ2) is 9.76. The summed E-state index contributed by atoms with van der Waals surface area (Å²) in [7, 11) is 0. The van der Waals surface area contributed by atoms with E-state index >= 15 is 0 Å². The van der Waals surface area contributed by atoms with Crippen molar-refractivity contribution in [2.45, 2.75) is 6.42 Å². The van der Waals surface area contributed by atoms with E-state index < -0.39 is 0 Å². The molecule has 0 spiro atoms. The molecule has 0 aliphatic rings. The molecule has 22 heavy (non-hydrogen) atoms. The minimum Gasteiger partial charge on any atom is -0.507 e. The zero-order chi connectivity index (χ0) is 14.9. The van der Waals surface area contributed by atoms with E-state index in [4.69, 9.17) is 0 Å². The molecule has 0 fully saturated rings. The van der Waals surface area contributed by atoms with E-state index in [0.717, 1.165) is 17.5 Å². The molecule has 0 radical (unpaired) electrons. The topological polar surface area (TPSA) is 65.2 Å². The van der Waals surface area contributed by atoms with E-state index in [2.05, 4.69) is 9.98 Å². The number of aliphatic imine (C=N–C) groups is 2. The van der Waals surface area contributed by atoms with Crippen LogP contribution < -0.4 is 0 Å². The van der Waals surface area contributed by atoms with E-state index in [0.29, 0.717) is 13.1 Å². The largest absolute Gasteiger partial charge is 3.00 e. The van der Waals surface area contributed by atoms with Crippen LogP contribution in [-0.4, -0.2) is 35.7 Å². The molecule has 0 aliphatic heterocycles. The Kier molecular flexibility index (Phi) is 7.95. The monoisotopic (exact) mass is 341 g/mol. The Morgan fingerprint density at radius 3 is 1.55 bits per heavy atom. The standard InChI is InChI=1S/C17H18N2O2.Co/c20-16-8-3-1-6-14(16)12-18-10-5-11-19-13-15-7-2-4-9-17(15)21;/h1-4,6-9,12-13,20-21H,5,10-11H2;/q;+3. The van der Waals surface area contributed by atoms with Gasteiger partial charge in [-0.2, -0.15) is 0 Å². The van der Waals surface area contributed by atoms with Gasteiger partial charge in [0.2, 0.25) is 0 Å². The van der Waals surface area contributed by atoms with Gasteiger partial charge in [-0.1, -0.05) is 24.3 Å².